The molecule has 98 valence electrons. The standard InChI is InChI=1S/C16H23NO/c1-6-16(3,4)12-7-8-14-13(9-12)11(2)15(18-14)10-17-5/h7-9,17H,6,10H2,1-5H3. The fraction of sp³-hybridized carbons (Fsp3) is 0.500. The highest BCUT2D eigenvalue weighted by Crippen LogP contribution is 2.32. The van der Waals surface area contributed by atoms with Crippen molar-refractivity contribution in [1.29, 1.82) is 0 Å². The highest BCUT2D eigenvalue weighted by atomic mass is 16.3. The Morgan fingerprint density at radius 3 is 2.61 bits per heavy atom. The highest BCUT2D eigenvalue weighted by molar-refractivity contribution is 5.83. The molecule has 2 heteroatoms. The number of hydrogen-bond acceptors (Lipinski definition) is 2. The number of aryl methyl sites for hydroxylation is 1. The number of fused-ring (bicyclic) bond motifs is 1. The van der Waals surface area contributed by atoms with E-state index in [9.17, 15) is 0 Å². The summed E-state index contributed by atoms with van der Waals surface area (Å²) in [5.74, 6) is 1.04. The fourth-order valence-electron chi connectivity index (χ4n) is 2.23. The summed E-state index contributed by atoms with van der Waals surface area (Å²) in [4.78, 5) is 0. The van der Waals surface area contributed by atoms with Gasteiger partial charge in [-0.1, -0.05) is 26.8 Å². The van der Waals surface area contributed by atoms with Crippen molar-refractivity contribution in [3.05, 3.63) is 35.1 Å². The fourth-order valence-corrected chi connectivity index (χ4v) is 2.23. The lowest BCUT2D eigenvalue weighted by atomic mass is 9.82. The molecule has 0 saturated carbocycles. The van der Waals surface area contributed by atoms with Crippen LogP contribution in [0.3, 0.4) is 0 Å². The van der Waals surface area contributed by atoms with E-state index in [-0.39, 0.29) is 5.41 Å². The largest absolute Gasteiger partial charge is 0.459 e. The first-order chi connectivity index (χ1) is 8.49. The van der Waals surface area contributed by atoms with E-state index in [1.165, 1.54) is 16.5 Å². The molecule has 0 aliphatic rings. The van der Waals surface area contributed by atoms with E-state index in [0.29, 0.717) is 0 Å². The topological polar surface area (TPSA) is 25.2 Å². The zero-order valence-electron chi connectivity index (χ0n) is 12.1. The molecule has 0 amide bonds. The maximum absolute atomic E-state index is 5.88. The molecule has 1 aromatic heterocycles. The summed E-state index contributed by atoms with van der Waals surface area (Å²) < 4.78 is 5.88. The van der Waals surface area contributed by atoms with E-state index in [4.69, 9.17) is 4.42 Å². The van der Waals surface area contributed by atoms with Crippen molar-refractivity contribution in [3.63, 3.8) is 0 Å². The van der Waals surface area contributed by atoms with E-state index >= 15 is 0 Å². The number of nitrogens with one attached hydrogen (secondary N) is 1. The quantitative estimate of drug-likeness (QED) is 0.875. The molecule has 0 aliphatic carbocycles. The number of rotatable bonds is 4. The average Bonchev–Trinajstić information content (AvgIpc) is 2.67. The highest BCUT2D eigenvalue weighted by Gasteiger charge is 2.19. The van der Waals surface area contributed by atoms with Gasteiger partial charge in [0.05, 0.1) is 6.54 Å². The zero-order chi connectivity index (χ0) is 13.3. The van der Waals surface area contributed by atoms with Crippen LogP contribution in [0.2, 0.25) is 0 Å². The predicted octanol–water partition coefficient (Wildman–Crippen LogP) is 4.15. The third-order valence-electron chi connectivity index (χ3n) is 4.04. The van der Waals surface area contributed by atoms with Gasteiger partial charge in [0.15, 0.2) is 0 Å². The molecule has 1 aromatic carbocycles. The van der Waals surface area contributed by atoms with Crippen molar-refractivity contribution >= 4 is 11.0 Å². The second kappa shape index (κ2) is 4.77. The Balaban J connectivity index is 2.54. The lowest BCUT2D eigenvalue weighted by Gasteiger charge is -2.23. The molecule has 18 heavy (non-hydrogen) atoms. The smallest absolute Gasteiger partial charge is 0.134 e. The second-order valence-corrected chi connectivity index (χ2v) is 5.63. The SMILES string of the molecule is CCC(C)(C)c1ccc2oc(CNC)c(C)c2c1. The molecule has 0 aliphatic heterocycles. The maximum Gasteiger partial charge on any atom is 0.134 e. The molecule has 0 spiro atoms. The van der Waals surface area contributed by atoms with Gasteiger partial charge in [0, 0.05) is 5.39 Å². The van der Waals surface area contributed by atoms with Crippen LogP contribution in [0.5, 0.6) is 0 Å². The Morgan fingerprint density at radius 1 is 1.28 bits per heavy atom. The maximum atomic E-state index is 5.88. The van der Waals surface area contributed by atoms with Crippen molar-refractivity contribution < 1.29 is 4.42 Å². The van der Waals surface area contributed by atoms with Gasteiger partial charge in [-0.25, -0.2) is 0 Å². The minimum Gasteiger partial charge on any atom is -0.459 e. The molecule has 0 bridgehead atoms. The number of hydrogen-bond donors (Lipinski definition) is 1. The monoisotopic (exact) mass is 245 g/mol. The molecule has 0 atom stereocenters. The van der Waals surface area contributed by atoms with Crippen LogP contribution in [0.4, 0.5) is 0 Å². The van der Waals surface area contributed by atoms with Crippen LogP contribution in [0.15, 0.2) is 22.6 Å². The zero-order valence-corrected chi connectivity index (χ0v) is 12.1. The Hall–Kier alpha value is -1.28. The van der Waals surface area contributed by atoms with Gasteiger partial charge in [-0.2, -0.15) is 0 Å². The lowest BCUT2D eigenvalue weighted by molar-refractivity contribution is 0.506. The molecular formula is C16H23NO. The van der Waals surface area contributed by atoms with Gasteiger partial charge in [-0.05, 0) is 49.1 Å². The summed E-state index contributed by atoms with van der Waals surface area (Å²) in [7, 11) is 1.94. The molecule has 2 aromatic rings. The Labute approximate surface area is 109 Å². The van der Waals surface area contributed by atoms with Gasteiger partial charge in [0.1, 0.15) is 11.3 Å². The van der Waals surface area contributed by atoms with Crippen LogP contribution in [-0.2, 0) is 12.0 Å². The first-order valence-electron chi connectivity index (χ1n) is 6.66. The van der Waals surface area contributed by atoms with E-state index in [2.05, 4.69) is 51.2 Å². The molecule has 0 unspecified atom stereocenters. The third-order valence-corrected chi connectivity index (χ3v) is 4.04. The molecular weight excluding hydrogens is 222 g/mol. The molecule has 2 rings (SSSR count). The van der Waals surface area contributed by atoms with Crippen LogP contribution in [0.25, 0.3) is 11.0 Å². The van der Waals surface area contributed by atoms with Gasteiger partial charge in [0.2, 0.25) is 0 Å². The van der Waals surface area contributed by atoms with Crippen molar-refractivity contribution in [2.24, 2.45) is 0 Å². The van der Waals surface area contributed by atoms with Gasteiger partial charge in [-0.15, -0.1) is 0 Å². The molecule has 0 fully saturated rings. The summed E-state index contributed by atoms with van der Waals surface area (Å²) in [6.45, 7) is 9.74. The van der Waals surface area contributed by atoms with Gasteiger partial charge < -0.3 is 9.73 Å². The van der Waals surface area contributed by atoms with Gasteiger partial charge in [-0.3, -0.25) is 0 Å². The number of benzene rings is 1. The van der Waals surface area contributed by atoms with Crippen LogP contribution >= 0.6 is 0 Å². The molecule has 1 N–H and O–H groups in total. The minimum atomic E-state index is 0.223. The van der Waals surface area contributed by atoms with Crippen LogP contribution in [0.1, 0.15) is 44.1 Å². The van der Waals surface area contributed by atoms with Gasteiger partial charge >= 0.3 is 0 Å². The predicted molar refractivity (Wildman–Crippen MR) is 77.0 cm³/mol. The summed E-state index contributed by atoms with van der Waals surface area (Å²) in [6, 6.07) is 6.59. The van der Waals surface area contributed by atoms with Crippen molar-refractivity contribution in [3.8, 4) is 0 Å². The summed E-state index contributed by atoms with van der Waals surface area (Å²) in [5.41, 5.74) is 3.86. The Morgan fingerprint density at radius 2 is 2.00 bits per heavy atom. The summed E-state index contributed by atoms with van der Waals surface area (Å²) in [6.07, 6.45) is 1.14. The van der Waals surface area contributed by atoms with Crippen LogP contribution in [0, 0.1) is 6.92 Å². The van der Waals surface area contributed by atoms with E-state index in [1.54, 1.807) is 0 Å². The lowest BCUT2D eigenvalue weighted by Crippen LogP contribution is -2.14. The van der Waals surface area contributed by atoms with E-state index in [1.807, 2.05) is 7.05 Å². The molecule has 0 saturated heterocycles. The normalized spacial score (nSPS) is 12.3. The summed E-state index contributed by atoms with van der Waals surface area (Å²) in [5, 5.41) is 4.40. The van der Waals surface area contributed by atoms with Crippen molar-refractivity contribution in [2.75, 3.05) is 7.05 Å². The molecule has 0 radical (unpaired) electrons. The third kappa shape index (κ3) is 2.17. The van der Waals surface area contributed by atoms with E-state index < -0.39 is 0 Å². The summed E-state index contributed by atoms with van der Waals surface area (Å²) >= 11 is 0. The van der Waals surface area contributed by atoms with Crippen molar-refractivity contribution in [2.45, 2.75) is 46.1 Å². The first kappa shape index (κ1) is 13.2. The average molecular weight is 245 g/mol. The molecule has 2 nitrogen and oxygen atoms in total. The Bertz CT molecular complexity index is 551. The second-order valence-electron chi connectivity index (χ2n) is 5.63. The molecule has 1 heterocycles. The van der Waals surface area contributed by atoms with Crippen LogP contribution in [-0.4, -0.2) is 7.05 Å². The van der Waals surface area contributed by atoms with Crippen LogP contribution < -0.4 is 5.32 Å². The first-order valence-corrected chi connectivity index (χ1v) is 6.66. The Kier molecular flexibility index (Phi) is 3.49. The van der Waals surface area contributed by atoms with Crippen molar-refractivity contribution in [1.82, 2.24) is 5.32 Å². The van der Waals surface area contributed by atoms with E-state index in [0.717, 1.165) is 24.3 Å². The minimum absolute atomic E-state index is 0.223. The van der Waals surface area contributed by atoms with Gasteiger partial charge in [0.25, 0.3) is 0 Å². The number of furan rings is 1.